The summed E-state index contributed by atoms with van der Waals surface area (Å²) in [4.78, 5) is 28.6. The van der Waals surface area contributed by atoms with E-state index in [1.807, 2.05) is 31.2 Å². The van der Waals surface area contributed by atoms with Gasteiger partial charge in [-0.2, -0.15) is 5.10 Å². The predicted octanol–water partition coefficient (Wildman–Crippen LogP) is 3.55. The molecule has 2 amide bonds. The molecule has 0 unspecified atom stereocenters. The van der Waals surface area contributed by atoms with E-state index in [4.69, 9.17) is 0 Å². The van der Waals surface area contributed by atoms with Gasteiger partial charge in [-0.25, -0.2) is 5.43 Å². The van der Waals surface area contributed by atoms with Crippen molar-refractivity contribution in [2.45, 2.75) is 25.7 Å². The molecule has 2 atom stereocenters. The van der Waals surface area contributed by atoms with Crippen molar-refractivity contribution in [3.05, 3.63) is 64.8 Å². The molecule has 0 bridgehead atoms. The summed E-state index contributed by atoms with van der Waals surface area (Å²) in [5.74, 6) is -0.0359. The number of hydrazone groups is 1. The monoisotopic (exact) mass is 372 g/mol. The van der Waals surface area contributed by atoms with Crippen molar-refractivity contribution in [1.29, 1.82) is 0 Å². The Kier molecular flexibility index (Phi) is 3.79. The minimum absolute atomic E-state index is 0.00632. The summed E-state index contributed by atoms with van der Waals surface area (Å²) in [5, 5.41) is 7.86. The van der Waals surface area contributed by atoms with Gasteiger partial charge in [0.25, 0.3) is 5.91 Å². The molecule has 6 heteroatoms. The molecule has 140 valence electrons. The summed E-state index contributed by atoms with van der Waals surface area (Å²) in [6.45, 7) is 2.05. The van der Waals surface area contributed by atoms with Crippen LogP contribution in [-0.2, 0) is 11.2 Å². The van der Waals surface area contributed by atoms with E-state index in [-0.39, 0.29) is 23.7 Å². The molecule has 1 saturated carbocycles. The number of rotatable bonds is 4. The number of aryl methyl sites for hydroxylation is 1. The number of carbonyl (C=O) groups is 2. The van der Waals surface area contributed by atoms with Gasteiger partial charge in [0.15, 0.2) is 0 Å². The second-order valence-electron chi connectivity index (χ2n) is 7.36. The number of nitrogens with one attached hydrogen (secondary N) is 3. The lowest BCUT2D eigenvalue weighted by atomic mass is 10.0. The van der Waals surface area contributed by atoms with Gasteiger partial charge in [0.05, 0.1) is 11.8 Å². The van der Waals surface area contributed by atoms with Crippen molar-refractivity contribution in [1.82, 2.24) is 10.4 Å². The fourth-order valence-electron chi connectivity index (χ4n) is 4.09. The molecule has 1 aromatic heterocycles. The molecule has 1 aliphatic carbocycles. The second-order valence-corrected chi connectivity index (χ2v) is 7.36. The van der Waals surface area contributed by atoms with Gasteiger partial charge in [0.2, 0.25) is 5.91 Å². The topological polar surface area (TPSA) is 86.3 Å². The third-order valence-electron chi connectivity index (χ3n) is 5.60. The fraction of sp³-hybridized carbons (Fsp3) is 0.227. The number of carbonyl (C=O) groups excluding carboxylic acids is 2. The summed E-state index contributed by atoms with van der Waals surface area (Å²) in [7, 11) is 0. The lowest BCUT2D eigenvalue weighted by molar-refractivity contribution is -0.117. The maximum atomic E-state index is 12.7. The van der Waals surface area contributed by atoms with E-state index in [1.165, 1.54) is 5.56 Å². The highest BCUT2D eigenvalue weighted by molar-refractivity contribution is 6.16. The summed E-state index contributed by atoms with van der Waals surface area (Å²) >= 11 is 0. The smallest absolute Gasteiger partial charge is 0.272 e. The highest BCUT2D eigenvalue weighted by Crippen LogP contribution is 2.48. The highest BCUT2D eigenvalue weighted by atomic mass is 16.2. The van der Waals surface area contributed by atoms with E-state index < -0.39 is 0 Å². The zero-order chi connectivity index (χ0) is 19.3. The number of benzene rings is 2. The van der Waals surface area contributed by atoms with Gasteiger partial charge in [-0.05, 0) is 36.5 Å². The molecular weight excluding hydrogens is 352 g/mol. The molecule has 28 heavy (non-hydrogen) atoms. The highest BCUT2D eigenvalue weighted by Gasteiger charge is 2.43. The Morgan fingerprint density at radius 2 is 2.07 bits per heavy atom. The predicted molar refractivity (Wildman–Crippen MR) is 109 cm³/mol. The first-order chi connectivity index (χ1) is 13.7. The molecule has 2 heterocycles. The van der Waals surface area contributed by atoms with Crippen LogP contribution in [-0.4, -0.2) is 23.0 Å². The third-order valence-corrected chi connectivity index (χ3v) is 5.60. The number of anilines is 1. The third kappa shape index (κ3) is 2.69. The van der Waals surface area contributed by atoms with Crippen molar-refractivity contribution in [3.63, 3.8) is 0 Å². The first-order valence-corrected chi connectivity index (χ1v) is 9.53. The molecule has 3 N–H and O–H groups in total. The van der Waals surface area contributed by atoms with Crippen molar-refractivity contribution in [3.8, 4) is 0 Å². The van der Waals surface area contributed by atoms with Crippen molar-refractivity contribution in [2.24, 2.45) is 11.0 Å². The van der Waals surface area contributed by atoms with Crippen LogP contribution in [0.2, 0.25) is 0 Å². The Morgan fingerprint density at radius 3 is 2.86 bits per heavy atom. The van der Waals surface area contributed by atoms with E-state index in [0.29, 0.717) is 11.3 Å². The van der Waals surface area contributed by atoms with Crippen LogP contribution in [0.1, 0.15) is 46.4 Å². The van der Waals surface area contributed by atoms with Crippen LogP contribution in [0.15, 0.2) is 47.6 Å². The maximum Gasteiger partial charge on any atom is 0.272 e. The lowest BCUT2D eigenvalue weighted by Gasteiger charge is -2.08. The largest absolute Gasteiger partial charge is 0.358 e. The van der Waals surface area contributed by atoms with Gasteiger partial charge in [-0.15, -0.1) is 0 Å². The molecule has 0 saturated heterocycles. The van der Waals surface area contributed by atoms with Crippen LogP contribution in [0.25, 0.3) is 10.9 Å². The van der Waals surface area contributed by atoms with Crippen LogP contribution in [0.3, 0.4) is 0 Å². The summed E-state index contributed by atoms with van der Waals surface area (Å²) < 4.78 is 0. The van der Waals surface area contributed by atoms with Gasteiger partial charge in [-0.3, -0.25) is 9.59 Å². The van der Waals surface area contributed by atoms with E-state index in [1.54, 1.807) is 12.3 Å². The fourth-order valence-corrected chi connectivity index (χ4v) is 4.09. The van der Waals surface area contributed by atoms with E-state index in [9.17, 15) is 9.59 Å². The quantitative estimate of drug-likeness (QED) is 0.654. The number of aromatic amines is 1. The molecule has 0 radical (unpaired) electrons. The van der Waals surface area contributed by atoms with Crippen molar-refractivity contribution in [2.75, 3.05) is 5.32 Å². The zero-order valence-electron chi connectivity index (χ0n) is 15.5. The standard InChI is InChI=1S/C22H20N4O2/c1-2-18-17-11-23-26-22(28)16-8-13(9-19(25-18)20(16)17)24-21(27)15-10-14(15)12-6-4-3-5-7-12/h3-9,11,14-15,25H,2,10H2,1H3,(H,24,27)(H,26,28)/t14-,15+/m0/s1. The molecule has 1 fully saturated rings. The summed E-state index contributed by atoms with van der Waals surface area (Å²) in [6, 6.07) is 13.7. The SMILES string of the molecule is CCc1[nH]c2cc(NC(=O)[C@@H]3C[C@H]3c3ccccc3)cc3c2c1C=NNC3=O. The molecule has 3 aromatic rings. The van der Waals surface area contributed by atoms with Crippen LogP contribution in [0.5, 0.6) is 0 Å². The molecule has 2 aliphatic rings. The first kappa shape index (κ1) is 16.7. The number of hydrogen-bond donors (Lipinski definition) is 3. The minimum Gasteiger partial charge on any atom is -0.358 e. The molecular formula is C22H20N4O2. The molecule has 2 aromatic carbocycles. The Balaban J connectivity index is 1.45. The number of H-pyrrole nitrogens is 1. The summed E-state index contributed by atoms with van der Waals surface area (Å²) in [5.41, 5.74) is 7.66. The molecule has 5 rings (SSSR count). The first-order valence-electron chi connectivity index (χ1n) is 9.53. The van der Waals surface area contributed by atoms with Gasteiger partial charge in [0, 0.05) is 33.8 Å². The van der Waals surface area contributed by atoms with Crippen molar-refractivity contribution < 1.29 is 9.59 Å². The number of hydrogen-bond acceptors (Lipinski definition) is 3. The number of nitrogens with zero attached hydrogens (tertiary/aromatic N) is 1. The van der Waals surface area contributed by atoms with Gasteiger partial charge >= 0.3 is 0 Å². The van der Waals surface area contributed by atoms with Crippen LogP contribution >= 0.6 is 0 Å². The van der Waals surface area contributed by atoms with Crippen molar-refractivity contribution >= 4 is 34.6 Å². The van der Waals surface area contributed by atoms with E-state index >= 15 is 0 Å². The molecule has 0 spiro atoms. The molecule has 6 nitrogen and oxygen atoms in total. The van der Waals surface area contributed by atoms with Crippen LogP contribution in [0, 0.1) is 5.92 Å². The number of aromatic nitrogens is 1. The zero-order valence-corrected chi connectivity index (χ0v) is 15.5. The Bertz CT molecular complexity index is 1130. The average Bonchev–Trinajstić information content (AvgIpc) is 3.46. The van der Waals surface area contributed by atoms with E-state index in [2.05, 4.69) is 33.0 Å². The van der Waals surface area contributed by atoms with E-state index in [0.717, 1.165) is 35.0 Å². The Hall–Kier alpha value is -3.41. The van der Waals surface area contributed by atoms with Gasteiger partial charge in [-0.1, -0.05) is 37.3 Å². The minimum atomic E-state index is -0.272. The summed E-state index contributed by atoms with van der Waals surface area (Å²) in [6.07, 6.45) is 3.33. The maximum absolute atomic E-state index is 12.7. The Morgan fingerprint density at radius 1 is 1.25 bits per heavy atom. The van der Waals surface area contributed by atoms with Gasteiger partial charge < -0.3 is 10.3 Å². The van der Waals surface area contributed by atoms with Crippen LogP contribution in [0.4, 0.5) is 5.69 Å². The Labute approximate surface area is 162 Å². The van der Waals surface area contributed by atoms with Crippen LogP contribution < -0.4 is 10.7 Å². The molecule has 1 aliphatic heterocycles. The van der Waals surface area contributed by atoms with Gasteiger partial charge in [0.1, 0.15) is 0 Å². The lowest BCUT2D eigenvalue weighted by Crippen LogP contribution is -2.18. The normalized spacial score (nSPS) is 20.0. The second kappa shape index (κ2) is 6.34. The average molecular weight is 372 g/mol. The number of amides is 2.